The summed E-state index contributed by atoms with van der Waals surface area (Å²) in [5.41, 5.74) is -1.15. The number of halogens is 4. The van der Waals surface area contributed by atoms with Crippen molar-refractivity contribution in [2.75, 3.05) is 7.11 Å². The SMILES string of the molecule is C=C(Br)C[C@H](NC(=O)c1cccc(C(F)(F)F)c1)C(=O)OC. The van der Waals surface area contributed by atoms with Gasteiger partial charge in [0.2, 0.25) is 0 Å². The second-order valence-electron chi connectivity index (χ2n) is 4.35. The zero-order valence-electron chi connectivity index (χ0n) is 11.5. The first-order chi connectivity index (χ1) is 10.1. The molecule has 4 nitrogen and oxygen atoms in total. The van der Waals surface area contributed by atoms with Crippen LogP contribution in [0.2, 0.25) is 0 Å². The third-order valence-electron chi connectivity index (χ3n) is 2.67. The molecule has 0 bridgehead atoms. The van der Waals surface area contributed by atoms with Gasteiger partial charge in [-0.15, -0.1) is 0 Å². The maximum Gasteiger partial charge on any atom is 0.416 e. The van der Waals surface area contributed by atoms with Gasteiger partial charge in [0.05, 0.1) is 12.7 Å². The first-order valence-corrected chi connectivity index (χ1v) is 6.83. The number of methoxy groups -OCH3 is 1. The van der Waals surface area contributed by atoms with Crippen LogP contribution in [0.3, 0.4) is 0 Å². The molecule has 22 heavy (non-hydrogen) atoms. The van der Waals surface area contributed by atoms with Gasteiger partial charge in [0.1, 0.15) is 6.04 Å². The zero-order chi connectivity index (χ0) is 16.9. The first-order valence-electron chi connectivity index (χ1n) is 6.04. The maximum absolute atomic E-state index is 12.6. The molecule has 8 heteroatoms. The molecule has 0 saturated carbocycles. The fourth-order valence-electron chi connectivity index (χ4n) is 1.64. The molecule has 1 aromatic rings. The van der Waals surface area contributed by atoms with Crippen LogP contribution in [0.4, 0.5) is 13.2 Å². The summed E-state index contributed by atoms with van der Waals surface area (Å²) in [5, 5.41) is 2.32. The normalized spacial score (nSPS) is 12.4. The Kier molecular flexibility index (Phi) is 6.16. The highest BCUT2D eigenvalue weighted by atomic mass is 79.9. The molecular weight excluding hydrogens is 367 g/mol. The molecule has 1 aromatic carbocycles. The Bertz CT molecular complexity index is 587. The molecule has 1 atom stereocenters. The van der Waals surface area contributed by atoms with Crippen molar-refractivity contribution in [3.63, 3.8) is 0 Å². The predicted molar refractivity (Wildman–Crippen MR) is 77.4 cm³/mol. The van der Waals surface area contributed by atoms with E-state index >= 15 is 0 Å². The Morgan fingerprint density at radius 2 is 2.05 bits per heavy atom. The van der Waals surface area contributed by atoms with E-state index in [2.05, 4.69) is 32.6 Å². The van der Waals surface area contributed by atoms with Gasteiger partial charge in [-0.05, 0) is 22.7 Å². The molecule has 120 valence electrons. The van der Waals surface area contributed by atoms with Crippen LogP contribution in [0.1, 0.15) is 22.3 Å². The van der Waals surface area contributed by atoms with Gasteiger partial charge in [-0.1, -0.05) is 28.6 Å². The van der Waals surface area contributed by atoms with Crippen LogP contribution in [0.15, 0.2) is 35.3 Å². The number of carbonyl (C=O) groups excluding carboxylic acids is 2. The van der Waals surface area contributed by atoms with Crippen molar-refractivity contribution in [1.82, 2.24) is 5.32 Å². The lowest BCUT2D eigenvalue weighted by Gasteiger charge is -2.16. The lowest BCUT2D eigenvalue weighted by atomic mass is 10.1. The smallest absolute Gasteiger partial charge is 0.416 e. The number of hydrogen-bond donors (Lipinski definition) is 1. The molecular formula is C14H13BrF3NO3. The van der Waals surface area contributed by atoms with Gasteiger partial charge in [0, 0.05) is 12.0 Å². The summed E-state index contributed by atoms with van der Waals surface area (Å²) in [5.74, 6) is -1.53. The van der Waals surface area contributed by atoms with Gasteiger partial charge in [-0.3, -0.25) is 4.79 Å². The zero-order valence-corrected chi connectivity index (χ0v) is 13.1. The summed E-state index contributed by atoms with van der Waals surface area (Å²) in [6.45, 7) is 3.55. The van der Waals surface area contributed by atoms with Crippen LogP contribution >= 0.6 is 15.9 Å². The van der Waals surface area contributed by atoms with E-state index in [1.807, 2.05) is 0 Å². The quantitative estimate of drug-likeness (QED) is 0.798. The predicted octanol–water partition coefficient (Wildman–Crippen LogP) is 3.28. The van der Waals surface area contributed by atoms with Crippen LogP contribution in [-0.4, -0.2) is 25.0 Å². The number of esters is 1. The van der Waals surface area contributed by atoms with Gasteiger partial charge < -0.3 is 10.1 Å². The van der Waals surface area contributed by atoms with E-state index in [1.54, 1.807) is 0 Å². The second-order valence-corrected chi connectivity index (χ2v) is 5.47. The topological polar surface area (TPSA) is 55.4 Å². The molecule has 0 saturated heterocycles. The fourth-order valence-corrected chi connectivity index (χ4v) is 1.96. The summed E-state index contributed by atoms with van der Waals surface area (Å²) in [4.78, 5) is 23.6. The minimum absolute atomic E-state index is 0.0530. The molecule has 0 radical (unpaired) electrons. The minimum atomic E-state index is -4.55. The lowest BCUT2D eigenvalue weighted by molar-refractivity contribution is -0.143. The molecule has 1 N–H and O–H groups in total. The largest absolute Gasteiger partial charge is 0.467 e. The molecule has 0 aliphatic heterocycles. The molecule has 0 unspecified atom stereocenters. The van der Waals surface area contributed by atoms with Crippen LogP contribution in [0.5, 0.6) is 0 Å². The van der Waals surface area contributed by atoms with E-state index in [1.165, 1.54) is 6.07 Å². The van der Waals surface area contributed by atoms with Crippen LogP contribution in [-0.2, 0) is 15.7 Å². The highest BCUT2D eigenvalue weighted by Crippen LogP contribution is 2.29. The van der Waals surface area contributed by atoms with Crippen molar-refractivity contribution in [2.45, 2.75) is 18.6 Å². The molecule has 1 amide bonds. The minimum Gasteiger partial charge on any atom is -0.467 e. The maximum atomic E-state index is 12.6. The van der Waals surface area contributed by atoms with E-state index in [0.717, 1.165) is 19.2 Å². The number of carbonyl (C=O) groups is 2. The number of benzene rings is 1. The average molecular weight is 380 g/mol. The standard InChI is InChI=1S/C14H13BrF3NO3/c1-8(15)6-11(13(21)22-2)19-12(20)9-4-3-5-10(7-9)14(16,17)18/h3-5,7,11H,1,6H2,2H3,(H,19,20)/t11-/m0/s1. The molecule has 0 aliphatic rings. The number of rotatable bonds is 5. The number of amides is 1. The van der Waals surface area contributed by atoms with Crippen molar-refractivity contribution < 1.29 is 27.5 Å². The number of alkyl halides is 3. The number of hydrogen-bond acceptors (Lipinski definition) is 3. The Morgan fingerprint density at radius 1 is 1.41 bits per heavy atom. The Hall–Kier alpha value is -1.83. The van der Waals surface area contributed by atoms with Gasteiger partial charge >= 0.3 is 12.1 Å². The second kappa shape index (κ2) is 7.44. The van der Waals surface area contributed by atoms with Crippen LogP contribution in [0, 0.1) is 0 Å². The van der Waals surface area contributed by atoms with Crippen LogP contribution < -0.4 is 5.32 Å². The van der Waals surface area contributed by atoms with Crippen molar-refractivity contribution in [2.24, 2.45) is 0 Å². The van der Waals surface area contributed by atoms with Crippen molar-refractivity contribution in [3.8, 4) is 0 Å². The molecule has 0 fully saturated rings. The number of nitrogens with one attached hydrogen (secondary N) is 1. The summed E-state index contributed by atoms with van der Waals surface area (Å²) in [6, 6.07) is 2.87. The molecule has 1 rings (SSSR count). The Balaban J connectivity index is 2.95. The highest BCUT2D eigenvalue weighted by molar-refractivity contribution is 9.11. The monoisotopic (exact) mass is 379 g/mol. The summed E-state index contributed by atoms with van der Waals surface area (Å²) >= 11 is 3.05. The van der Waals surface area contributed by atoms with E-state index in [9.17, 15) is 22.8 Å². The van der Waals surface area contributed by atoms with E-state index in [0.29, 0.717) is 10.5 Å². The lowest BCUT2D eigenvalue weighted by Crippen LogP contribution is -2.41. The average Bonchev–Trinajstić information content (AvgIpc) is 2.44. The third-order valence-corrected chi connectivity index (χ3v) is 2.99. The molecule has 0 aliphatic carbocycles. The van der Waals surface area contributed by atoms with Gasteiger partial charge in [0.25, 0.3) is 5.91 Å². The fraction of sp³-hybridized carbons (Fsp3) is 0.286. The van der Waals surface area contributed by atoms with Crippen molar-refractivity contribution in [1.29, 1.82) is 0 Å². The van der Waals surface area contributed by atoms with Gasteiger partial charge in [-0.2, -0.15) is 13.2 Å². The third kappa shape index (κ3) is 5.18. The summed E-state index contributed by atoms with van der Waals surface area (Å²) in [7, 11) is 1.14. The Morgan fingerprint density at radius 3 is 2.55 bits per heavy atom. The molecule has 0 aromatic heterocycles. The van der Waals surface area contributed by atoms with E-state index in [4.69, 9.17) is 0 Å². The number of ether oxygens (including phenoxy) is 1. The van der Waals surface area contributed by atoms with Crippen molar-refractivity contribution in [3.05, 3.63) is 46.5 Å². The van der Waals surface area contributed by atoms with Gasteiger partial charge in [-0.25, -0.2) is 4.79 Å². The molecule has 0 heterocycles. The van der Waals surface area contributed by atoms with E-state index in [-0.39, 0.29) is 12.0 Å². The Labute approximate surface area is 133 Å². The molecule has 0 spiro atoms. The first kappa shape index (κ1) is 18.2. The van der Waals surface area contributed by atoms with Gasteiger partial charge in [0.15, 0.2) is 0 Å². The summed E-state index contributed by atoms with van der Waals surface area (Å²) in [6.07, 6.45) is -4.50. The summed E-state index contributed by atoms with van der Waals surface area (Å²) < 4.78 is 42.8. The highest BCUT2D eigenvalue weighted by Gasteiger charge is 2.31. The van der Waals surface area contributed by atoms with Crippen molar-refractivity contribution >= 4 is 27.8 Å². The van der Waals surface area contributed by atoms with E-state index < -0.39 is 29.7 Å². The van der Waals surface area contributed by atoms with Crippen LogP contribution in [0.25, 0.3) is 0 Å².